The van der Waals surface area contributed by atoms with Crippen LogP contribution in [-0.2, 0) is 0 Å². The summed E-state index contributed by atoms with van der Waals surface area (Å²) in [4.78, 5) is 12.7. The van der Waals surface area contributed by atoms with E-state index in [-0.39, 0.29) is 0 Å². The fourth-order valence-electron chi connectivity index (χ4n) is 2.03. The Kier molecular flexibility index (Phi) is 3.33. The molecule has 2 aromatic carbocycles. The first-order valence-electron chi connectivity index (χ1n) is 5.74. The predicted molar refractivity (Wildman–Crippen MR) is 72.5 cm³/mol. The zero-order chi connectivity index (χ0) is 13.1. The lowest BCUT2D eigenvalue weighted by molar-refractivity contribution is 0.205. The second-order valence-corrected chi connectivity index (χ2v) is 4.30. The summed E-state index contributed by atoms with van der Waals surface area (Å²) in [6.45, 7) is 3.92. The third-order valence-electron chi connectivity index (χ3n) is 2.67. The van der Waals surface area contributed by atoms with Crippen molar-refractivity contribution < 1.29 is 9.90 Å². The highest BCUT2D eigenvalue weighted by Gasteiger charge is 2.16. The van der Waals surface area contributed by atoms with Crippen molar-refractivity contribution in [2.75, 3.05) is 4.90 Å². The lowest BCUT2D eigenvalue weighted by atomic mass is 10.1. The zero-order valence-corrected chi connectivity index (χ0v) is 10.4. The number of anilines is 2. The normalized spacial score (nSPS) is 10.1. The smallest absolute Gasteiger partial charge is 0.416 e. The van der Waals surface area contributed by atoms with E-state index < -0.39 is 6.09 Å². The maximum Gasteiger partial charge on any atom is 0.416 e. The van der Waals surface area contributed by atoms with Crippen molar-refractivity contribution in [3.05, 3.63) is 59.7 Å². The van der Waals surface area contributed by atoms with E-state index in [2.05, 4.69) is 0 Å². The van der Waals surface area contributed by atoms with Crippen LogP contribution in [0.3, 0.4) is 0 Å². The minimum absolute atomic E-state index is 0.648. The summed E-state index contributed by atoms with van der Waals surface area (Å²) in [7, 11) is 0. The van der Waals surface area contributed by atoms with Gasteiger partial charge in [-0.05, 0) is 49.2 Å². The van der Waals surface area contributed by atoms with E-state index >= 15 is 0 Å². The minimum Gasteiger partial charge on any atom is -0.464 e. The van der Waals surface area contributed by atoms with E-state index in [4.69, 9.17) is 0 Å². The molecule has 0 bridgehead atoms. The van der Waals surface area contributed by atoms with E-state index in [1.54, 1.807) is 12.1 Å². The van der Waals surface area contributed by atoms with Gasteiger partial charge in [0.1, 0.15) is 0 Å². The number of benzene rings is 2. The standard InChI is InChI=1S/C15H15NO2/c1-11-8-12(2)10-14(9-11)16(15(17)18)13-6-4-3-5-7-13/h3-10H,1-2H3,(H,17,18). The summed E-state index contributed by atoms with van der Waals surface area (Å²) in [5, 5.41) is 9.39. The van der Waals surface area contributed by atoms with Crippen molar-refractivity contribution in [2.45, 2.75) is 13.8 Å². The molecule has 0 saturated carbocycles. The number of carboxylic acid groups (broad SMARTS) is 1. The third-order valence-corrected chi connectivity index (χ3v) is 2.67. The van der Waals surface area contributed by atoms with Gasteiger partial charge in [-0.25, -0.2) is 9.69 Å². The van der Waals surface area contributed by atoms with Crippen LogP contribution in [-0.4, -0.2) is 11.2 Å². The van der Waals surface area contributed by atoms with E-state index in [1.165, 1.54) is 4.90 Å². The molecule has 3 heteroatoms. The van der Waals surface area contributed by atoms with Gasteiger partial charge in [0.05, 0.1) is 11.4 Å². The second-order valence-electron chi connectivity index (χ2n) is 4.30. The van der Waals surface area contributed by atoms with E-state index in [0.29, 0.717) is 11.4 Å². The van der Waals surface area contributed by atoms with Crippen molar-refractivity contribution in [3.8, 4) is 0 Å². The summed E-state index contributed by atoms with van der Waals surface area (Å²) < 4.78 is 0. The van der Waals surface area contributed by atoms with Crippen molar-refractivity contribution in [1.29, 1.82) is 0 Å². The van der Waals surface area contributed by atoms with Gasteiger partial charge in [-0.15, -0.1) is 0 Å². The molecule has 0 aromatic heterocycles. The molecule has 2 aromatic rings. The van der Waals surface area contributed by atoms with Crippen LogP contribution in [0.15, 0.2) is 48.5 Å². The van der Waals surface area contributed by atoms with Gasteiger partial charge in [-0.1, -0.05) is 24.3 Å². The van der Waals surface area contributed by atoms with Crippen molar-refractivity contribution >= 4 is 17.5 Å². The molecule has 2 rings (SSSR count). The van der Waals surface area contributed by atoms with Gasteiger partial charge < -0.3 is 5.11 Å². The SMILES string of the molecule is Cc1cc(C)cc(N(C(=O)O)c2ccccc2)c1. The van der Waals surface area contributed by atoms with Gasteiger partial charge in [0.25, 0.3) is 0 Å². The second kappa shape index (κ2) is 4.92. The van der Waals surface area contributed by atoms with Gasteiger partial charge in [-0.2, -0.15) is 0 Å². The first kappa shape index (κ1) is 12.2. The van der Waals surface area contributed by atoms with Crippen LogP contribution in [0.5, 0.6) is 0 Å². The van der Waals surface area contributed by atoms with Gasteiger partial charge in [0.2, 0.25) is 0 Å². The topological polar surface area (TPSA) is 40.5 Å². The number of aryl methyl sites for hydroxylation is 2. The van der Waals surface area contributed by atoms with Crippen LogP contribution in [0.4, 0.5) is 16.2 Å². The number of carbonyl (C=O) groups is 1. The van der Waals surface area contributed by atoms with Gasteiger partial charge in [0.15, 0.2) is 0 Å². The Morgan fingerprint density at radius 3 is 2.00 bits per heavy atom. The summed E-state index contributed by atoms with van der Waals surface area (Å²) in [6, 6.07) is 14.8. The molecular formula is C15H15NO2. The lowest BCUT2D eigenvalue weighted by Gasteiger charge is -2.20. The lowest BCUT2D eigenvalue weighted by Crippen LogP contribution is -2.23. The van der Waals surface area contributed by atoms with E-state index in [1.807, 2.05) is 50.2 Å². The van der Waals surface area contributed by atoms with Crippen LogP contribution in [0.25, 0.3) is 0 Å². The molecule has 92 valence electrons. The molecule has 0 aliphatic rings. The largest absolute Gasteiger partial charge is 0.464 e. The highest BCUT2D eigenvalue weighted by molar-refractivity contribution is 5.94. The molecule has 18 heavy (non-hydrogen) atoms. The average molecular weight is 241 g/mol. The van der Waals surface area contributed by atoms with E-state index in [0.717, 1.165) is 11.1 Å². The summed E-state index contributed by atoms with van der Waals surface area (Å²) in [5.41, 5.74) is 3.42. The molecule has 1 N–H and O–H groups in total. The molecular weight excluding hydrogens is 226 g/mol. The van der Waals surface area contributed by atoms with Crippen LogP contribution in [0.1, 0.15) is 11.1 Å². The molecule has 0 aliphatic carbocycles. The van der Waals surface area contributed by atoms with Crippen LogP contribution in [0.2, 0.25) is 0 Å². The van der Waals surface area contributed by atoms with Gasteiger partial charge in [-0.3, -0.25) is 0 Å². The Labute approximate surface area is 106 Å². The molecule has 0 saturated heterocycles. The first-order valence-corrected chi connectivity index (χ1v) is 5.74. The molecule has 3 nitrogen and oxygen atoms in total. The van der Waals surface area contributed by atoms with Gasteiger partial charge in [0, 0.05) is 0 Å². The summed E-state index contributed by atoms with van der Waals surface area (Å²) in [6.07, 6.45) is -0.980. The Bertz CT molecular complexity index is 544. The number of hydrogen-bond acceptors (Lipinski definition) is 1. The number of rotatable bonds is 2. The number of hydrogen-bond donors (Lipinski definition) is 1. The molecule has 0 spiro atoms. The third kappa shape index (κ3) is 2.51. The van der Waals surface area contributed by atoms with Crippen molar-refractivity contribution in [1.82, 2.24) is 0 Å². The monoisotopic (exact) mass is 241 g/mol. The molecule has 0 unspecified atom stereocenters. The maximum absolute atomic E-state index is 11.4. The van der Waals surface area contributed by atoms with E-state index in [9.17, 15) is 9.90 Å². The highest BCUT2D eigenvalue weighted by atomic mass is 16.4. The summed E-state index contributed by atoms with van der Waals surface area (Å²) >= 11 is 0. The summed E-state index contributed by atoms with van der Waals surface area (Å²) in [5.74, 6) is 0. The fraction of sp³-hybridized carbons (Fsp3) is 0.133. The predicted octanol–water partition coefficient (Wildman–Crippen LogP) is 4.12. The zero-order valence-electron chi connectivity index (χ0n) is 10.4. The van der Waals surface area contributed by atoms with Crippen LogP contribution in [0, 0.1) is 13.8 Å². The Morgan fingerprint density at radius 1 is 0.944 bits per heavy atom. The molecule has 1 amide bonds. The van der Waals surface area contributed by atoms with Gasteiger partial charge >= 0.3 is 6.09 Å². The van der Waals surface area contributed by atoms with Crippen LogP contribution < -0.4 is 4.90 Å². The Morgan fingerprint density at radius 2 is 1.50 bits per heavy atom. The average Bonchev–Trinajstić information content (AvgIpc) is 2.28. The number of para-hydroxylation sites is 1. The Hall–Kier alpha value is -2.29. The molecule has 0 atom stereocenters. The van der Waals surface area contributed by atoms with Crippen LogP contribution >= 0.6 is 0 Å². The van der Waals surface area contributed by atoms with Crippen molar-refractivity contribution in [3.63, 3.8) is 0 Å². The molecule has 0 radical (unpaired) electrons. The maximum atomic E-state index is 11.4. The quantitative estimate of drug-likeness (QED) is 0.859. The fourth-order valence-corrected chi connectivity index (χ4v) is 2.03. The Balaban J connectivity index is 2.52. The molecule has 0 heterocycles. The number of nitrogens with zero attached hydrogens (tertiary/aromatic N) is 1. The van der Waals surface area contributed by atoms with Crippen molar-refractivity contribution in [2.24, 2.45) is 0 Å². The minimum atomic E-state index is -0.980. The molecule has 0 fully saturated rings. The molecule has 0 aliphatic heterocycles. The highest BCUT2D eigenvalue weighted by Crippen LogP contribution is 2.27. The first-order chi connectivity index (χ1) is 8.58. The number of amides is 1.